The molecule has 0 saturated carbocycles. The zero-order valence-electron chi connectivity index (χ0n) is 5.95. The van der Waals surface area contributed by atoms with Gasteiger partial charge >= 0.3 is 0 Å². The number of allylic oxidation sites excluding steroid dienone is 1. The van der Waals surface area contributed by atoms with Crippen LogP contribution >= 0.6 is 7.37 Å². The summed E-state index contributed by atoms with van der Waals surface area (Å²) in [5, 5.41) is 2.97. The summed E-state index contributed by atoms with van der Waals surface area (Å²) in [5.41, 5.74) is -0.131. The maximum Gasteiger partial charge on any atom is 0.204 e. The van der Waals surface area contributed by atoms with Crippen LogP contribution in [0.4, 0.5) is 0 Å². The minimum Gasteiger partial charge on any atom is -0.391 e. The highest BCUT2D eigenvalue weighted by atomic mass is 31.2. The molecule has 58 valence electrons. The van der Waals surface area contributed by atoms with Crippen LogP contribution < -0.4 is 5.32 Å². The van der Waals surface area contributed by atoms with Gasteiger partial charge in [-0.25, -0.2) is 0 Å². The lowest BCUT2D eigenvalue weighted by atomic mass is 10.2. The molecule has 0 amide bonds. The molecule has 1 aliphatic heterocycles. The molecule has 1 heterocycles. The van der Waals surface area contributed by atoms with Gasteiger partial charge in [-0.3, -0.25) is 4.57 Å². The molecule has 0 spiro atoms. The molecule has 0 radical (unpaired) electrons. The van der Waals surface area contributed by atoms with Crippen molar-refractivity contribution in [2.75, 3.05) is 13.2 Å². The number of hydrogen-bond donors (Lipinski definition) is 2. The molecule has 1 aliphatic rings. The molecule has 1 rings (SSSR count). The predicted octanol–water partition coefficient (Wildman–Crippen LogP) is 0.762. The lowest BCUT2D eigenvalue weighted by Crippen LogP contribution is -2.20. The van der Waals surface area contributed by atoms with Crippen molar-refractivity contribution in [3.8, 4) is 0 Å². The van der Waals surface area contributed by atoms with Gasteiger partial charge in [0.2, 0.25) is 7.37 Å². The first-order valence-corrected chi connectivity index (χ1v) is 5.48. The third-order valence-corrected chi connectivity index (χ3v) is 3.30. The zero-order chi connectivity index (χ0) is 7.61. The van der Waals surface area contributed by atoms with Crippen LogP contribution in [0.5, 0.6) is 0 Å². The predicted molar refractivity (Wildman–Crippen MR) is 41.3 cm³/mol. The molecule has 0 aromatic rings. The molecular weight excluding hydrogens is 149 g/mol. The average Bonchev–Trinajstić information content (AvgIpc) is 1.88. The second-order valence-electron chi connectivity index (χ2n) is 2.61. The zero-order valence-corrected chi connectivity index (χ0v) is 6.84. The Bertz CT molecular complexity index is 184. The monoisotopic (exact) mass is 161 g/mol. The summed E-state index contributed by atoms with van der Waals surface area (Å²) in [5.74, 6) is 0. The van der Waals surface area contributed by atoms with E-state index >= 15 is 0 Å². The van der Waals surface area contributed by atoms with Gasteiger partial charge in [0, 0.05) is 13.2 Å². The summed E-state index contributed by atoms with van der Waals surface area (Å²) in [6.07, 6.45) is 4.28. The minimum absolute atomic E-state index is 0.131. The molecule has 2 unspecified atom stereocenters. The molecule has 0 aromatic carbocycles. The first-order chi connectivity index (χ1) is 4.61. The third kappa shape index (κ3) is 1.86. The van der Waals surface area contributed by atoms with Crippen LogP contribution in [-0.2, 0) is 4.57 Å². The van der Waals surface area contributed by atoms with E-state index < -0.39 is 7.37 Å². The normalized spacial score (nSPS) is 30.8. The van der Waals surface area contributed by atoms with Gasteiger partial charge in [0.1, 0.15) is 0 Å². The van der Waals surface area contributed by atoms with Gasteiger partial charge < -0.3 is 10.2 Å². The summed E-state index contributed by atoms with van der Waals surface area (Å²) >= 11 is 0. The molecular formula is C6H12NO2P. The Balaban J connectivity index is 2.64. The van der Waals surface area contributed by atoms with Crippen LogP contribution in [0.1, 0.15) is 6.42 Å². The fourth-order valence-corrected chi connectivity index (χ4v) is 2.00. The fraction of sp³-hybridized carbons (Fsp3) is 0.667. The molecule has 4 heteroatoms. The summed E-state index contributed by atoms with van der Waals surface area (Å²) in [7, 11) is -2.87. The average molecular weight is 161 g/mol. The molecule has 0 saturated heterocycles. The van der Waals surface area contributed by atoms with Gasteiger partial charge in [-0.1, -0.05) is 6.08 Å². The Hall–Kier alpha value is -0.270. The molecule has 0 bridgehead atoms. The van der Waals surface area contributed by atoms with E-state index in [1.165, 1.54) is 6.66 Å². The fourth-order valence-electron chi connectivity index (χ4n) is 0.989. The number of rotatable bonds is 1. The molecule has 10 heavy (non-hydrogen) atoms. The van der Waals surface area contributed by atoms with E-state index in [0.717, 1.165) is 13.0 Å². The van der Waals surface area contributed by atoms with Crippen molar-refractivity contribution >= 4 is 7.37 Å². The Labute approximate surface area is 60.6 Å². The van der Waals surface area contributed by atoms with Crippen LogP contribution in [0.15, 0.2) is 12.3 Å². The van der Waals surface area contributed by atoms with E-state index in [0.29, 0.717) is 0 Å². The molecule has 0 aromatic heterocycles. The highest BCUT2D eigenvalue weighted by molar-refractivity contribution is 7.58. The van der Waals surface area contributed by atoms with E-state index in [4.69, 9.17) is 4.89 Å². The summed E-state index contributed by atoms with van der Waals surface area (Å²) < 4.78 is 11.0. The molecule has 2 atom stereocenters. The van der Waals surface area contributed by atoms with Gasteiger partial charge in [0.25, 0.3) is 0 Å². The van der Waals surface area contributed by atoms with Gasteiger partial charge in [0.05, 0.1) is 5.66 Å². The van der Waals surface area contributed by atoms with Crippen LogP contribution in [0.25, 0.3) is 0 Å². The van der Waals surface area contributed by atoms with Crippen molar-refractivity contribution in [1.82, 2.24) is 5.32 Å². The molecule has 3 nitrogen and oxygen atoms in total. The second-order valence-corrected chi connectivity index (χ2v) is 5.16. The van der Waals surface area contributed by atoms with Crippen LogP contribution in [0.3, 0.4) is 0 Å². The Morgan fingerprint density at radius 3 is 2.80 bits per heavy atom. The molecule has 0 aliphatic carbocycles. The van der Waals surface area contributed by atoms with E-state index in [1.54, 1.807) is 12.3 Å². The smallest absolute Gasteiger partial charge is 0.204 e. The largest absolute Gasteiger partial charge is 0.391 e. The second kappa shape index (κ2) is 2.77. The summed E-state index contributed by atoms with van der Waals surface area (Å²) in [6, 6.07) is 0. The van der Waals surface area contributed by atoms with Crippen molar-refractivity contribution in [2.24, 2.45) is 0 Å². The maximum absolute atomic E-state index is 11.0. The summed E-state index contributed by atoms with van der Waals surface area (Å²) in [4.78, 5) is 9.12. The topological polar surface area (TPSA) is 49.3 Å². The van der Waals surface area contributed by atoms with Gasteiger partial charge in [-0.2, -0.15) is 0 Å². The first-order valence-electron chi connectivity index (χ1n) is 3.31. The Morgan fingerprint density at radius 2 is 2.50 bits per heavy atom. The van der Waals surface area contributed by atoms with Crippen molar-refractivity contribution in [3.05, 3.63) is 12.3 Å². The molecule has 2 N–H and O–H groups in total. The van der Waals surface area contributed by atoms with Crippen molar-refractivity contribution in [3.63, 3.8) is 0 Å². The van der Waals surface area contributed by atoms with Crippen molar-refractivity contribution in [1.29, 1.82) is 0 Å². The maximum atomic E-state index is 11.0. The first kappa shape index (κ1) is 7.83. The van der Waals surface area contributed by atoms with E-state index in [-0.39, 0.29) is 5.66 Å². The SMILES string of the molecule is CP(=O)(O)C1C=CNCC1. The van der Waals surface area contributed by atoms with Crippen LogP contribution in [-0.4, -0.2) is 23.8 Å². The van der Waals surface area contributed by atoms with Gasteiger partial charge in [-0.15, -0.1) is 0 Å². The third-order valence-electron chi connectivity index (χ3n) is 1.64. The van der Waals surface area contributed by atoms with Gasteiger partial charge in [-0.05, 0) is 12.6 Å². The van der Waals surface area contributed by atoms with E-state index in [2.05, 4.69) is 5.32 Å². The number of hydrogen-bond acceptors (Lipinski definition) is 2. The molecule has 0 fully saturated rings. The summed E-state index contributed by atoms with van der Waals surface area (Å²) in [6.45, 7) is 2.22. The van der Waals surface area contributed by atoms with Crippen LogP contribution in [0.2, 0.25) is 0 Å². The lowest BCUT2D eigenvalue weighted by molar-refractivity contribution is 0.471. The Kier molecular flexibility index (Phi) is 2.17. The van der Waals surface area contributed by atoms with E-state index in [9.17, 15) is 4.57 Å². The van der Waals surface area contributed by atoms with Gasteiger partial charge in [0.15, 0.2) is 0 Å². The highest BCUT2D eigenvalue weighted by Gasteiger charge is 2.23. The van der Waals surface area contributed by atoms with Crippen LogP contribution in [0, 0.1) is 0 Å². The van der Waals surface area contributed by atoms with Crippen molar-refractivity contribution < 1.29 is 9.46 Å². The van der Waals surface area contributed by atoms with Crippen molar-refractivity contribution in [2.45, 2.75) is 12.1 Å². The Morgan fingerprint density at radius 1 is 1.80 bits per heavy atom. The lowest BCUT2D eigenvalue weighted by Gasteiger charge is -2.19. The standard InChI is InChI=1S/C6H12NO2P/c1-10(8,9)6-2-4-7-5-3-6/h2,4,6-7H,3,5H2,1H3,(H,8,9). The minimum atomic E-state index is -2.87. The van der Waals surface area contributed by atoms with E-state index in [1.807, 2.05) is 0 Å². The number of nitrogens with one attached hydrogen (secondary N) is 1. The quantitative estimate of drug-likeness (QED) is 0.558. The highest BCUT2D eigenvalue weighted by Crippen LogP contribution is 2.44.